The number of carbonyl (C=O) groups is 4. The van der Waals surface area contributed by atoms with Gasteiger partial charge in [0, 0.05) is 19.0 Å². The predicted molar refractivity (Wildman–Crippen MR) is 154 cm³/mol. The second-order valence-electron chi connectivity index (χ2n) is 11.7. The van der Waals surface area contributed by atoms with Crippen molar-refractivity contribution in [3.8, 4) is 5.75 Å². The van der Waals surface area contributed by atoms with Gasteiger partial charge in [-0.3, -0.25) is 24.1 Å². The Morgan fingerprint density at radius 2 is 1.82 bits per heavy atom. The van der Waals surface area contributed by atoms with Gasteiger partial charge in [0.05, 0.1) is 11.6 Å². The van der Waals surface area contributed by atoms with Crippen LogP contribution in [0.1, 0.15) is 77.1 Å². The van der Waals surface area contributed by atoms with Crippen LogP contribution < -0.4 is 26.0 Å². The van der Waals surface area contributed by atoms with E-state index in [0.29, 0.717) is 24.3 Å². The third kappa shape index (κ3) is 8.94. The van der Waals surface area contributed by atoms with E-state index >= 15 is 0 Å². The van der Waals surface area contributed by atoms with E-state index in [2.05, 4.69) is 33.1 Å². The highest BCUT2D eigenvalue weighted by Gasteiger charge is 2.30. The highest BCUT2D eigenvalue weighted by Crippen LogP contribution is 2.20. The van der Waals surface area contributed by atoms with Crippen LogP contribution in [-0.4, -0.2) is 78.9 Å². The van der Waals surface area contributed by atoms with Gasteiger partial charge in [0.1, 0.15) is 24.4 Å². The summed E-state index contributed by atoms with van der Waals surface area (Å²) in [6.45, 7) is 12.6. The fraction of sp³-hybridized carbons (Fsp3) is 0.667. The van der Waals surface area contributed by atoms with Crippen molar-refractivity contribution < 1.29 is 23.9 Å². The molecule has 0 spiro atoms. The number of fused-ring (bicyclic) bond motifs is 1. The lowest BCUT2D eigenvalue weighted by Gasteiger charge is -2.27. The van der Waals surface area contributed by atoms with Gasteiger partial charge in [-0.15, -0.1) is 0 Å². The van der Waals surface area contributed by atoms with Crippen molar-refractivity contribution in [3.63, 3.8) is 0 Å². The summed E-state index contributed by atoms with van der Waals surface area (Å²) >= 11 is 0. The predicted octanol–water partition coefficient (Wildman–Crippen LogP) is 2.23. The Balaban J connectivity index is 1.85. The first-order valence-electron chi connectivity index (χ1n) is 14.7. The average Bonchev–Trinajstić information content (AvgIpc) is 3.38. The molecule has 0 saturated carbocycles. The molecule has 0 unspecified atom stereocenters. The number of nitrogens with one attached hydrogen (secondary N) is 4. The van der Waals surface area contributed by atoms with Gasteiger partial charge in [0.2, 0.25) is 17.7 Å². The molecule has 2 aliphatic rings. The minimum atomic E-state index is -0.922. The molecule has 0 radical (unpaired) electrons. The number of ether oxygens (including phenoxy) is 1. The molecule has 10 nitrogen and oxygen atoms in total. The normalized spacial score (nSPS) is 25.2. The molecule has 4 amide bonds. The van der Waals surface area contributed by atoms with Crippen molar-refractivity contribution in [1.29, 1.82) is 0 Å². The molecule has 2 heterocycles. The van der Waals surface area contributed by atoms with Crippen LogP contribution >= 0.6 is 0 Å². The molecule has 10 heteroatoms. The van der Waals surface area contributed by atoms with Gasteiger partial charge >= 0.3 is 0 Å². The molecule has 3 rings (SSSR count). The number of rotatable bonds is 7. The second-order valence-corrected chi connectivity index (χ2v) is 11.7. The summed E-state index contributed by atoms with van der Waals surface area (Å²) < 4.78 is 6.06. The molecule has 4 atom stereocenters. The Labute approximate surface area is 238 Å². The lowest BCUT2D eigenvalue weighted by molar-refractivity contribution is -0.130. The van der Waals surface area contributed by atoms with Gasteiger partial charge in [-0.1, -0.05) is 46.8 Å². The van der Waals surface area contributed by atoms with Crippen molar-refractivity contribution >= 4 is 23.6 Å². The lowest BCUT2D eigenvalue weighted by Crippen LogP contribution is -2.53. The standard InChI is InChI=1S/C30H47N5O5/c1-6-35-15-9-10-21(35)17-31-29(38)23-13-14-27(36)32-24(16-19(2)3)30(39)34-25(20(4)5)18-40-26-12-8-7-11-22(26)28(37)33-23/h7-8,11-12,19-21,23-25H,6,9-10,13-18H2,1-5H3,(H,31,38)(H,32,36)(H,33,37)(H,34,39)/t21-,23-,24-,25-/m0/s1. The van der Waals surface area contributed by atoms with Crippen molar-refractivity contribution in [2.75, 3.05) is 26.2 Å². The van der Waals surface area contributed by atoms with E-state index in [0.717, 1.165) is 25.9 Å². The van der Waals surface area contributed by atoms with Crippen LogP contribution in [0.2, 0.25) is 0 Å². The van der Waals surface area contributed by atoms with Crippen LogP contribution in [0, 0.1) is 11.8 Å². The van der Waals surface area contributed by atoms with E-state index in [1.54, 1.807) is 24.3 Å². The SMILES string of the molecule is CCN1CCC[C@H]1CNC(=O)[C@@H]1CCC(=O)N[C@@H](CC(C)C)C(=O)N[C@H](C(C)C)COc2ccccc2C(=O)N1. The van der Waals surface area contributed by atoms with E-state index in [1.807, 2.05) is 27.7 Å². The van der Waals surface area contributed by atoms with E-state index in [9.17, 15) is 19.2 Å². The summed E-state index contributed by atoms with van der Waals surface area (Å²) in [5.41, 5.74) is 0.291. The maximum absolute atomic E-state index is 13.4. The second kappa shape index (κ2) is 15.0. The van der Waals surface area contributed by atoms with Crippen LogP contribution in [0.4, 0.5) is 0 Å². The number of likely N-dealkylation sites (tertiary alicyclic amines) is 1. The summed E-state index contributed by atoms with van der Waals surface area (Å²) in [7, 11) is 0. The van der Waals surface area contributed by atoms with Crippen molar-refractivity contribution in [2.45, 2.75) is 90.9 Å². The van der Waals surface area contributed by atoms with Gasteiger partial charge < -0.3 is 26.0 Å². The molecule has 40 heavy (non-hydrogen) atoms. The summed E-state index contributed by atoms with van der Waals surface area (Å²) in [4.78, 5) is 55.3. The molecule has 0 aliphatic carbocycles. The summed E-state index contributed by atoms with van der Waals surface area (Å²) in [5.74, 6) is -0.802. The zero-order valence-electron chi connectivity index (χ0n) is 24.6. The van der Waals surface area contributed by atoms with Gasteiger partial charge in [-0.2, -0.15) is 0 Å². The van der Waals surface area contributed by atoms with Gasteiger partial charge in [0.15, 0.2) is 0 Å². The molecule has 0 aromatic heterocycles. The Bertz CT molecular complexity index is 1030. The minimum absolute atomic E-state index is 0.0173. The van der Waals surface area contributed by atoms with E-state index in [4.69, 9.17) is 4.74 Å². The van der Waals surface area contributed by atoms with Crippen LogP contribution in [0.3, 0.4) is 0 Å². The molecular weight excluding hydrogens is 510 g/mol. The number of nitrogens with zero attached hydrogens (tertiary/aromatic N) is 1. The summed E-state index contributed by atoms with van der Waals surface area (Å²) in [6, 6.07) is 5.14. The molecule has 1 saturated heterocycles. The molecule has 222 valence electrons. The Kier molecular flexibility index (Phi) is 11.8. The largest absolute Gasteiger partial charge is 0.491 e. The Morgan fingerprint density at radius 3 is 2.52 bits per heavy atom. The minimum Gasteiger partial charge on any atom is -0.491 e. The Morgan fingerprint density at radius 1 is 1.07 bits per heavy atom. The number of amides is 4. The zero-order chi connectivity index (χ0) is 29.2. The van der Waals surface area contributed by atoms with Crippen molar-refractivity contribution in [2.24, 2.45) is 11.8 Å². The number of carbonyl (C=O) groups excluding carboxylic acids is 4. The Hall–Kier alpha value is -3.14. The lowest BCUT2D eigenvalue weighted by atomic mass is 10.0. The third-order valence-corrected chi connectivity index (χ3v) is 7.74. The molecule has 0 bridgehead atoms. The van der Waals surface area contributed by atoms with Gasteiger partial charge in [-0.05, 0) is 62.7 Å². The smallest absolute Gasteiger partial charge is 0.255 e. The number of para-hydroxylation sites is 1. The maximum Gasteiger partial charge on any atom is 0.255 e. The van der Waals surface area contributed by atoms with Crippen LogP contribution in [0.25, 0.3) is 0 Å². The molecule has 1 aromatic rings. The maximum atomic E-state index is 13.4. The number of likely N-dealkylation sites (N-methyl/N-ethyl adjacent to an activating group) is 1. The number of hydrogen-bond acceptors (Lipinski definition) is 6. The summed E-state index contributed by atoms with van der Waals surface area (Å²) in [6.07, 6.45) is 2.65. The number of hydrogen-bond donors (Lipinski definition) is 4. The monoisotopic (exact) mass is 557 g/mol. The highest BCUT2D eigenvalue weighted by atomic mass is 16.5. The first kappa shape index (κ1) is 31.4. The zero-order valence-corrected chi connectivity index (χ0v) is 24.6. The first-order valence-corrected chi connectivity index (χ1v) is 14.7. The van der Waals surface area contributed by atoms with Crippen molar-refractivity contribution in [1.82, 2.24) is 26.2 Å². The quantitative estimate of drug-likeness (QED) is 0.407. The van der Waals surface area contributed by atoms with Crippen molar-refractivity contribution in [3.05, 3.63) is 29.8 Å². The van der Waals surface area contributed by atoms with Crippen LogP contribution in [0.5, 0.6) is 5.75 Å². The molecule has 2 aliphatic heterocycles. The first-order chi connectivity index (χ1) is 19.1. The van der Waals surface area contributed by atoms with E-state index < -0.39 is 18.0 Å². The van der Waals surface area contributed by atoms with Gasteiger partial charge in [-0.25, -0.2) is 0 Å². The molecule has 4 N–H and O–H groups in total. The molecular formula is C30H47N5O5. The van der Waals surface area contributed by atoms with Crippen LogP contribution in [-0.2, 0) is 14.4 Å². The highest BCUT2D eigenvalue weighted by molar-refractivity contribution is 5.99. The topological polar surface area (TPSA) is 129 Å². The summed E-state index contributed by atoms with van der Waals surface area (Å²) in [5, 5.41) is 11.7. The molecule has 1 fully saturated rings. The fourth-order valence-electron chi connectivity index (χ4n) is 5.28. The molecule has 1 aromatic carbocycles. The van der Waals surface area contributed by atoms with E-state index in [-0.39, 0.29) is 61.1 Å². The fourth-order valence-corrected chi connectivity index (χ4v) is 5.28. The van der Waals surface area contributed by atoms with E-state index in [1.165, 1.54) is 0 Å². The van der Waals surface area contributed by atoms with Gasteiger partial charge in [0.25, 0.3) is 5.91 Å². The third-order valence-electron chi connectivity index (χ3n) is 7.74. The number of benzene rings is 1. The average molecular weight is 558 g/mol. The van der Waals surface area contributed by atoms with Crippen LogP contribution in [0.15, 0.2) is 24.3 Å².